The number of hydrogen-bond donors (Lipinski definition) is 2. The summed E-state index contributed by atoms with van der Waals surface area (Å²) < 4.78 is 69.2. The van der Waals surface area contributed by atoms with Crippen molar-refractivity contribution in [2.75, 3.05) is 18.9 Å². The number of esters is 1. The lowest BCUT2D eigenvalue weighted by molar-refractivity contribution is -0.158. The molecule has 232 valence electrons. The summed E-state index contributed by atoms with van der Waals surface area (Å²) in [6.07, 6.45) is 0.945. The fraction of sp³-hybridized carbons (Fsp3) is 0.387. The molecule has 0 bridgehead atoms. The van der Waals surface area contributed by atoms with Crippen LogP contribution in [0.3, 0.4) is 0 Å². The number of rotatable bonds is 12. The van der Waals surface area contributed by atoms with Crippen LogP contribution in [-0.2, 0) is 9.53 Å². The highest BCUT2D eigenvalue weighted by Crippen LogP contribution is 2.27. The Morgan fingerprint density at radius 1 is 0.953 bits per heavy atom. The molecule has 0 spiro atoms. The molecule has 0 radical (unpaired) electrons. The summed E-state index contributed by atoms with van der Waals surface area (Å²) in [5.74, 6) is -6.46. The lowest BCUT2D eigenvalue weighted by atomic mass is 10.0. The predicted molar refractivity (Wildman–Crippen MR) is 153 cm³/mol. The van der Waals surface area contributed by atoms with Crippen LogP contribution in [0.5, 0.6) is 5.75 Å². The molecular weight excluding hydrogens is 570 g/mol. The molecule has 0 saturated heterocycles. The first kappa shape index (κ1) is 33.3. The number of pyridine rings is 1. The second-order valence-corrected chi connectivity index (χ2v) is 11.4. The van der Waals surface area contributed by atoms with Crippen LogP contribution >= 0.6 is 0 Å². The molecule has 12 heteroatoms. The second kappa shape index (κ2) is 13.9. The molecule has 1 aromatic heterocycles. The zero-order chi connectivity index (χ0) is 32.1. The monoisotopic (exact) mass is 605 g/mol. The summed E-state index contributed by atoms with van der Waals surface area (Å²) in [4.78, 5) is 38.0. The third-order valence-corrected chi connectivity index (χ3v) is 6.14. The summed E-state index contributed by atoms with van der Waals surface area (Å²) in [5, 5.41) is 3.13. The molecule has 0 saturated carbocycles. The van der Waals surface area contributed by atoms with E-state index in [4.69, 9.17) is 15.2 Å². The average molecular weight is 606 g/mol. The second-order valence-electron chi connectivity index (χ2n) is 11.4. The van der Waals surface area contributed by atoms with Crippen molar-refractivity contribution in [3.63, 3.8) is 0 Å². The van der Waals surface area contributed by atoms with Crippen LogP contribution < -0.4 is 21.3 Å². The van der Waals surface area contributed by atoms with Crippen LogP contribution in [0.15, 0.2) is 47.3 Å². The highest BCUT2D eigenvalue weighted by Gasteiger charge is 2.26. The number of hydrogen-bond acceptors (Lipinski definition) is 7. The van der Waals surface area contributed by atoms with Crippen molar-refractivity contribution in [2.45, 2.75) is 59.1 Å². The van der Waals surface area contributed by atoms with Crippen LogP contribution in [0.2, 0.25) is 0 Å². The molecule has 2 aromatic carbocycles. The number of carbonyl (C=O) groups is 2. The van der Waals surface area contributed by atoms with Crippen molar-refractivity contribution >= 4 is 17.6 Å². The van der Waals surface area contributed by atoms with Crippen LogP contribution in [-0.4, -0.2) is 41.1 Å². The summed E-state index contributed by atoms with van der Waals surface area (Å²) in [6, 6.07) is 5.29. The number of anilines is 1. The Morgan fingerprint density at radius 2 is 1.58 bits per heavy atom. The van der Waals surface area contributed by atoms with Crippen molar-refractivity contribution in [1.29, 1.82) is 0 Å². The third-order valence-electron chi connectivity index (χ3n) is 6.14. The Kier molecular flexibility index (Phi) is 10.7. The van der Waals surface area contributed by atoms with Gasteiger partial charge in [0.05, 0.1) is 17.7 Å². The lowest BCUT2D eigenvalue weighted by Gasteiger charge is -2.25. The summed E-state index contributed by atoms with van der Waals surface area (Å²) >= 11 is 0. The van der Waals surface area contributed by atoms with Gasteiger partial charge < -0.3 is 20.5 Å². The van der Waals surface area contributed by atoms with Crippen LogP contribution in [0, 0.1) is 29.2 Å². The van der Waals surface area contributed by atoms with E-state index in [1.54, 1.807) is 20.8 Å². The van der Waals surface area contributed by atoms with Gasteiger partial charge in [-0.05, 0) is 64.3 Å². The first-order valence-electron chi connectivity index (χ1n) is 13.7. The molecule has 3 aromatic rings. The molecule has 3 N–H and O–H groups in total. The minimum atomic E-state index is -1.21. The molecule has 0 fully saturated rings. The Labute approximate surface area is 246 Å². The van der Waals surface area contributed by atoms with Crippen molar-refractivity contribution in [2.24, 2.45) is 5.92 Å². The Balaban J connectivity index is 1.74. The van der Waals surface area contributed by atoms with E-state index >= 15 is 8.78 Å². The van der Waals surface area contributed by atoms with E-state index in [1.165, 1.54) is 0 Å². The van der Waals surface area contributed by atoms with E-state index in [0.29, 0.717) is 30.0 Å². The number of benzene rings is 2. The fourth-order valence-electron chi connectivity index (χ4n) is 4.28. The van der Waals surface area contributed by atoms with Crippen LogP contribution in [0.4, 0.5) is 23.4 Å². The quantitative estimate of drug-likeness (QED) is 0.124. The van der Waals surface area contributed by atoms with Gasteiger partial charge in [-0.1, -0.05) is 13.8 Å². The van der Waals surface area contributed by atoms with Gasteiger partial charge in [-0.2, -0.15) is 0 Å². The topological polar surface area (TPSA) is 113 Å². The average Bonchev–Trinajstić information content (AvgIpc) is 2.87. The van der Waals surface area contributed by atoms with E-state index in [-0.39, 0.29) is 24.2 Å². The number of aromatic nitrogens is 1. The van der Waals surface area contributed by atoms with Gasteiger partial charge in [0.25, 0.3) is 5.56 Å². The number of nitrogen functional groups attached to an aromatic ring is 1. The highest BCUT2D eigenvalue weighted by molar-refractivity contribution is 6.11. The molecular formula is C31H35F4N3O5. The van der Waals surface area contributed by atoms with Gasteiger partial charge in [0.2, 0.25) is 0 Å². The van der Waals surface area contributed by atoms with Gasteiger partial charge in [-0.3, -0.25) is 19.0 Å². The normalized spacial score (nSPS) is 12.3. The van der Waals surface area contributed by atoms with Gasteiger partial charge in [-0.15, -0.1) is 0 Å². The van der Waals surface area contributed by atoms with E-state index < -0.39 is 68.9 Å². The predicted octanol–water partition coefficient (Wildman–Crippen LogP) is 5.32. The largest absolute Gasteiger partial charge is 0.493 e. The zero-order valence-corrected chi connectivity index (χ0v) is 24.6. The Hall–Kier alpha value is -4.19. The fourth-order valence-corrected chi connectivity index (χ4v) is 4.28. The maximum Gasteiger partial charge on any atom is 0.323 e. The van der Waals surface area contributed by atoms with E-state index in [2.05, 4.69) is 5.32 Å². The number of carbonyl (C=O) groups excluding carboxylic acids is 2. The van der Waals surface area contributed by atoms with Gasteiger partial charge in [0.1, 0.15) is 40.5 Å². The molecule has 0 aliphatic heterocycles. The van der Waals surface area contributed by atoms with Gasteiger partial charge >= 0.3 is 5.97 Å². The molecule has 0 amide bonds. The Morgan fingerprint density at radius 3 is 2.16 bits per heavy atom. The smallest absolute Gasteiger partial charge is 0.323 e. The number of nitrogens with one attached hydrogen (secondary N) is 1. The zero-order valence-electron chi connectivity index (χ0n) is 24.6. The number of nitrogens with two attached hydrogens (primary N) is 1. The van der Waals surface area contributed by atoms with Crippen LogP contribution in [0.25, 0.3) is 5.69 Å². The maximum atomic E-state index is 15.2. The molecule has 3 rings (SSSR count). The number of halogens is 4. The number of nitrogens with zero attached hydrogens (tertiary/aromatic N) is 1. The number of ether oxygens (including phenoxy) is 2. The van der Waals surface area contributed by atoms with Crippen molar-refractivity contribution < 1.29 is 36.6 Å². The van der Waals surface area contributed by atoms with E-state index in [0.717, 1.165) is 36.4 Å². The van der Waals surface area contributed by atoms with Crippen molar-refractivity contribution in [1.82, 2.24) is 9.88 Å². The molecule has 0 aliphatic rings. The minimum absolute atomic E-state index is 0.0449. The minimum Gasteiger partial charge on any atom is -0.493 e. The summed E-state index contributed by atoms with van der Waals surface area (Å²) in [6.45, 7) is 9.72. The first-order valence-corrected chi connectivity index (χ1v) is 13.7. The standard InChI is InChI=1S/C31H35F4N3O5/c1-17(2)13-25(30(41)43-31(3,4)5)37-11-6-12-42-19-15-23(34)27(24(35)16-19)38-26(39)10-9-21(29(38)36)28(40)20-8-7-18(32)14-22(20)33/h7-10,14-17,25,37H,6,11-13,36H2,1-5H3. The maximum absolute atomic E-state index is 15.2. The van der Waals surface area contributed by atoms with E-state index in [1.807, 2.05) is 13.8 Å². The van der Waals surface area contributed by atoms with Gasteiger partial charge in [0.15, 0.2) is 17.4 Å². The van der Waals surface area contributed by atoms with Gasteiger partial charge in [0, 0.05) is 24.3 Å². The molecule has 0 aliphatic carbocycles. The molecule has 8 nitrogen and oxygen atoms in total. The molecule has 1 heterocycles. The van der Waals surface area contributed by atoms with Crippen molar-refractivity contribution in [3.05, 3.63) is 87.2 Å². The lowest BCUT2D eigenvalue weighted by Crippen LogP contribution is -2.42. The summed E-state index contributed by atoms with van der Waals surface area (Å²) in [7, 11) is 0. The van der Waals surface area contributed by atoms with E-state index in [9.17, 15) is 23.2 Å². The molecule has 43 heavy (non-hydrogen) atoms. The highest BCUT2D eigenvalue weighted by atomic mass is 19.1. The molecule has 1 unspecified atom stereocenters. The first-order chi connectivity index (χ1) is 20.1. The third kappa shape index (κ3) is 8.66. The van der Waals surface area contributed by atoms with Crippen LogP contribution in [0.1, 0.15) is 63.4 Å². The van der Waals surface area contributed by atoms with Gasteiger partial charge in [-0.25, -0.2) is 17.6 Å². The number of ketones is 1. The molecule has 1 atom stereocenters. The van der Waals surface area contributed by atoms with Crippen molar-refractivity contribution in [3.8, 4) is 11.4 Å². The SMILES string of the molecule is CC(C)CC(NCCCOc1cc(F)c(-n2c(N)c(C(=O)c3ccc(F)cc3F)ccc2=O)c(F)c1)C(=O)OC(C)(C)C. The summed E-state index contributed by atoms with van der Waals surface area (Å²) in [5.41, 5.74) is 2.57. The Bertz CT molecular complexity index is 1530.